The lowest BCUT2D eigenvalue weighted by Gasteiger charge is -2.23. The van der Waals surface area contributed by atoms with Gasteiger partial charge in [-0.05, 0) is 48.0 Å². The van der Waals surface area contributed by atoms with Crippen LogP contribution in [0.3, 0.4) is 0 Å². The van der Waals surface area contributed by atoms with Crippen molar-refractivity contribution in [1.29, 1.82) is 0 Å². The number of rotatable bonds is 6. The van der Waals surface area contributed by atoms with Crippen LogP contribution in [0.5, 0.6) is 0 Å². The highest BCUT2D eigenvalue weighted by Gasteiger charge is 2.08. The van der Waals surface area contributed by atoms with Crippen molar-refractivity contribution in [2.24, 2.45) is 0 Å². The smallest absolute Gasteiger partial charge is 0.0426 e. The van der Waals surface area contributed by atoms with Crippen molar-refractivity contribution in [3.05, 3.63) is 63.1 Å². The molecule has 0 bridgehead atoms. The SMILES string of the molecule is CCNCc1cc(Br)ccc1N(C)Cc1ccc(Cl)cc1. The molecule has 0 atom stereocenters. The Morgan fingerprint density at radius 1 is 1.14 bits per heavy atom. The van der Waals surface area contributed by atoms with Gasteiger partial charge in [-0.1, -0.05) is 46.6 Å². The van der Waals surface area contributed by atoms with E-state index < -0.39 is 0 Å². The quantitative estimate of drug-likeness (QED) is 0.785. The summed E-state index contributed by atoms with van der Waals surface area (Å²) in [5, 5.41) is 4.17. The van der Waals surface area contributed by atoms with Crippen LogP contribution < -0.4 is 10.2 Å². The molecule has 1 N–H and O–H groups in total. The molecule has 0 fully saturated rings. The third-order valence-corrected chi connectivity index (χ3v) is 4.10. The van der Waals surface area contributed by atoms with E-state index in [0.29, 0.717) is 0 Å². The van der Waals surface area contributed by atoms with Crippen molar-refractivity contribution in [1.82, 2.24) is 5.32 Å². The second kappa shape index (κ2) is 7.83. The minimum atomic E-state index is 0.776. The number of halogens is 2. The van der Waals surface area contributed by atoms with Crippen LogP contribution in [0.25, 0.3) is 0 Å². The lowest BCUT2D eigenvalue weighted by atomic mass is 10.1. The number of nitrogens with zero attached hydrogens (tertiary/aromatic N) is 1. The first-order valence-corrected chi connectivity index (χ1v) is 8.22. The Hall–Kier alpha value is -1.03. The van der Waals surface area contributed by atoms with Crippen LogP contribution in [-0.2, 0) is 13.1 Å². The van der Waals surface area contributed by atoms with E-state index in [-0.39, 0.29) is 0 Å². The number of nitrogens with one attached hydrogen (secondary N) is 1. The summed E-state index contributed by atoms with van der Waals surface area (Å²) in [5.74, 6) is 0. The van der Waals surface area contributed by atoms with Crippen LogP contribution in [0.15, 0.2) is 46.9 Å². The molecule has 0 saturated heterocycles. The van der Waals surface area contributed by atoms with Crippen molar-refractivity contribution < 1.29 is 0 Å². The summed E-state index contributed by atoms with van der Waals surface area (Å²) in [5.41, 5.74) is 3.79. The normalized spacial score (nSPS) is 10.7. The van der Waals surface area contributed by atoms with Crippen LogP contribution >= 0.6 is 27.5 Å². The molecular formula is C17H20BrClN2. The Balaban J connectivity index is 2.17. The summed E-state index contributed by atoms with van der Waals surface area (Å²) in [6, 6.07) is 14.4. The molecule has 21 heavy (non-hydrogen) atoms. The van der Waals surface area contributed by atoms with E-state index >= 15 is 0 Å². The van der Waals surface area contributed by atoms with Crippen molar-refractivity contribution in [3.63, 3.8) is 0 Å². The molecule has 0 heterocycles. The van der Waals surface area contributed by atoms with Gasteiger partial charge in [-0.25, -0.2) is 0 Å². The predicted octanol–water partition coefficient (Wildman–Crippen LogP) is 4.85. The minimum absolute atomic E-state index is 0.776. The van der Waals surface area contributed by atoms with Gasteiger partial charge in [0.25, 0.3) is 0 Å². The van der Waals surface area contributed by atoms with Gasteiger partial charge in [0.2, 0.25) is 0 Å². The molecule has 2 nitrogen and oxygen atoms in total. The van der Waals surface area contributed by atoms with Gasteiger partial charge in [-0.15, -0.1) is 0 Å². The van der Waals surface area contributed by atoms with E-state index in [2.05, 4.69) is 70.4 Å². The van der Waals surface area contributed by atoms with E-state index in [1.54, 1.807) is 0 Å². The molecule has 2 aromatic carbocycles. The molecule has 0 unspecified atom stereocenters. The summed E-state index contributed by atoms with van der Waals surface area (Å²) in [7, 11) is 2.12. The van der Waals surface area contributed by atoms with E-state index in [1.807, 2.05) is 12.1 Å². The highest BCUT2D eigenvalue weighted by Crippen LogP contribution is 2.25. The van der Waals surface area contributed by atoms with Gasteiger partial charge in [-0.3, -0.25) is 0 Å². The molecule has 0 aliphatic heterocycles. The minimum Gasteiger partial charge on any atom is -0.370 e. The fourth-order valence-electron chi connectivity index (χ4n) is 2.28. The zero-order chi connectivity index (χ0) is 15.2. The maximum absolute atomic E-state index is 5.94. The number of benzene rings is 2. The fourth-order valence-corrected chi connectivity index (χ4v) is 2.81. The zero-order valence-electron chi connectivity index (χ0n) is 12.4. The Labute approximate surface area is 140 Å². The molecule has 0 aromatic heterocycles. The summed E-state index contributed by atoms with van der Waals surface area (Å²) in [6.45, 7) is 4.82. The van der Waals surface area contributed by atoms with E-state index in [0.717, 1.165) is 29.1 Å². The summed E-state index contributed by atoms with van der Waals surface area (Å²) in [4.78, 5) is 2.27. The van der Waals surface area contributed by atoms with Crippen LogP contribution in [-0.4, -0.2) is 13.6 Å². The molecule has 0 aliphatic carbocycles. The zero-order valence-corrected chi connectivity index (χ0v) is 14.7. The number of hydrogen-bond donors (Lipinski definition) is 1. The highest BCUT2D eigenvalue weighted by molar-refractivity contribution is 9.10. The maximum atomic E-state index is 5.94. The Kier molecular flexibility index (Phi) is 6.09. The van der Waals surface area contributed by atoms with Crippen molar-refractivity contribution in [2.45, 2.75) is 20.0 Å². The second-order valence-corrected chi connectivity index (χ2v) is 6.39. The van der Waals surface area contributed by atoms with Crippen LogP contribution in [0.4, 0.5) is 5.69 Å². The van der Waals surface area contributed by atoms with Gasteiger partial charge in [0.1, 0.15) is 0 Å². The molecule has 2 rings (SSSR count). The van der Waals surface area contributed by atoms with Gasteiger partial charge in [0.05, 0.1) is 0 Å². The van der Waals surface area contributed by atoms with Gasteiger partial charge >= 0.3 is 0 Å². The third kappa shape index (κ3) is 4.73. The van der Waals surface area contributed by atoms with Gasteiger partial charge in [-0.2, -0.15) is 0 Å². The largest absolute Gasteiger partial charge is 0.370 e. The molecule has 0 spiro atoms. The number of hydrogen-bond acceptors (Lipinski definition) is 2. The standard InChI is InChI=1S/C17H20BrClN2/c1-3-20-11-14-10-15(18)6-9-17(14)21(2)12-13-4-7-16(19)8-5-13/h4-10,20H,3,11-12H2,1-2H3. The highest BCUT2D eigenvalue weighted by atomic mass is 79.9. The molecular weight excluding hydrogens is 348 g/mol. The Morgan fingerprint density at radius 2 is 1.86 bits per heavy atom. The monoisotopic (exact) mass is 366 g/mol. The average molecular weight is 368 g/mol. The molecule has 0 saturated carbocycles. The topological polar surface area (TPSA) is 15.3 Å². The first-order chi connectivity index (χ1) is 10.1. The molecule has 112 valence electrons. The van der Waals surface area contributed by atoms with Crippen LogP contribution in [0, 0.1) is 0 Å². The van der Waals surface area contributed by atoms with Crippen molar-refractivity contribution in [2.75, 3.05) is 18.5 Å². The lowest BCUT2D eigenvalue weighted by molar-refractivity contribution is 0.723. The first-order valence-electron chi connectivity index (χ1n) is 7.05. The van der Waals surface area contributed by atoms with Gasteiger partial charge < -0.3 is 10.2 Å². The van der Waals surface area contributed by atoms with Gasteiger partial charge in [0, 0.05) is 35.3 Å². The molecule has 2 aromatic rings. The van der Waals surface area contributed by atoms with Crippen LogP contribution in [0.1, 0.15) is 18.1 Å². The summed E-state index contributed by atoms with van der Waals surface area (Å²) >= 11 is 9.49. The van der Waals surface area contributed by atoms with Crippen LogP contribution in [0.2, 0.25) is 5.02 Å². The predicted molar refractivity (Wildman–Crippen MR) is 95.1 cm³/mol. The molecule has 4 heteroatoms. The third-order valence-electron chi connectivity index (χ3n) is 3.35. The fraction of sp³-hybridized carbons (Fsp3) is 0.294. The second-order valence-electron chi connectivity index (χ2n) is 5.04. The van der Waals surface area contributed by atoms with E-state index in [4.69, 9.17) is 11.6 Å². The van der Waals surface area contributed by atoms with Gasteiger partial charge in [0.15, 0.2) is 0 Å². The molecule has 0 aliphatic rings. The number of anilines is 1. The van der Waals surface area contributed by atoms with Crippen molar-refractivity contribution in [3.8, 4) is 0 Å². The average Bonchev–Trinajstić information content (AvgIpc) is 2.47. The molecule has 0 radical (unpaired) electrons. The van der Waals surface area contributed by atoms with E-state index in [1.165, 1.54) is 16.8 Å². The summed E-state index contributed by atoms with van der Waals surface area (Å²) < 4.78 is 1.11. The molecule has 0 amide bonds. The van der Waals surface area contributed by atoms with Crippen molar-refractivity contribution >= 4 is 33.2 Å². The summed E-state index contributed by atoms with van der Waals surface area (Å²) in [6.07, 6.45) is 0. The lowest BCUT2D eigenvalue weighted by Crippen LogP contribution is -2.20. The Morgan fingerprint density at radius 3 is 2.52 bits per heavy atom. The van der Waals surface area contributed by atoms with E-state index in [9.17, 15) is 0 Å². The Bertz CT molecular complexity index is 584. The first kappa shape index (κ1) is 16.3. The maximum Gasteiger partial charge on any atom is 0.0426 e.